The largest absolute Gasteiger partial charge is 0.383 e. The minimum atomic E-state index is 0.0926. The number of hydrogen-bond acceptors (Lipinski definition) is 2. The Labute approximate surface area is 160 Å². The lowest BCUT2D eigenvalue weighted by atomic mass is 9.96. The molecule has 140 valence electrons. The van der Waals surface area contributed by atoms with Gasteiger partial charge in [-0.15, -0.1) is 0 Å². The van der Waals surface area contributed by atoms with E-state index in [1.807, 2.05) is 4.90 Å². The number of carbonyl (C=O) groups is 1. The third-order valence-electron chi connectivity index (χ3n) is 5.67. The second kappa shape index (κ2) is 7.20. The van der Waals surface area contributed by atoms with Gasteiger partial charge in [-0.05, 0) is 25.0 Å². The zero-order valence-electron chi connectivity index (χ0n) is 16.2. The minimum Gasteiger partial charge on any atom is -0.383 e. The summed E-state index contributed by atoms with van der Waals surface area (Å²) in [6, 6.07) is 17.3. The Hall–Kier alpha value is -2.59. The van der Waals surface area contributed by atoms with Gasteiger partial charge in [0.1, 0.15) is 0 Å². The Morgan fingerprint density at radius 3 is 2.59 bits per heavy atom. The first-order chi connectivity index (χ1) is 13.1. The fraction of sp³-hybridized carbons (Fsp3) is 0.348. The van der Waals surface area contributed by atoms with Crippen LogP contribution in [0.1, 0.15) is 30.0 Å². The molecule has 0 aliphatic carbocycles. The van der Waals surface area contributed by atoms with Crippen LogP contribution in [0.4, 0.5) is 0 Å². The van der Waals surface area contributed by atoms with Crippen LogP contribution in [0.2, 0.25) is 0 Å². The van der Waals surface area contributed by atoms with Crippen molar-refractivity contribution in [1.29, 1.82) is 0 Å². The Morgan fingerprint density at radius 1 is 1.11 bits per heavy atom. The molecule has 1 saturated heterocycles. The fourth-order valence-corrected chi connectivity index (χ4v) is 4.32. The number of fused-ring (bicyclic) bond motifs is 1. The van der Waals surface area contributed by atoms with Crippen LogP contribution in [0.5, 0.6) is 0 Å². The molecule has 0 radical (unpaired) electrons. The third-order valence-corrected chi connectivity index (χ3v) is 5.67. The lowest BCUT2D eigenvalue weighted by Gasteiger charge is -2.26. The molecule has 1 aromatic heterocycles. The smallest absolute Gasteiger partial charge is 0.223 e. The number of methoxy groups -OCH3 is 1. The van der Waals surface area contributed by atoms with Crippen molar-refractivity contribution in [3.8, 4) is 11.3 Å². The molecule has 4 heteroatoms. The number of nitrogens with zero attached hydrogens (tertiary/aromatic N) is 2. The average molecular weight is 362 g/mol. The molecule has 1 aliphatic heterocycles. The molecule has 0 spiro atoms. The molecule has 0 saturated carbocycles. The molecule has 2 heterocycles. The van der Waals surface area contributed by atoms with Gasteiger partial charge in [0, 0.05) is 43.6 Å². The minimum absolute atomic E-state index is 0.0926. The van der Waals surface area contributed by atoms with Crippen LogP contribution in [0.25, 0.3) is 22.2 Å². The van der Waals surface area contributed by atoms with E-state index in [4.69, 9.17) is 4.74 Å². The van der Waals surface area contributed by atoms with Crippen molar-refractivity contribution in [2.75, 3.05) is 20.3 Å². The summed E-state index contributed by atoms with van der Waals surface area (Å²) in [5, 5.41) is 1.23. The highest BCUT2D eigenvalue weighted by Crippen LogP contribution is 2.43. The van der Waals surface area contributed by atoms with Crippen molar-refractivity contribution in [3.63, 3.8) is 0 Å². The Morgan fingerprint density at radius 2 is 1.85 bits per heavy atom. The maximum atomic E-state index is 12.6. The molecule has 1 aliphatic rings. The number of likely N-dealkylation sites (tertiary alicyclic amines) is 1. The Bertz CT molecular complexity index is 972. The highest BCUT2D eigenvalue weighted by atomic mass is 16.5. The van der Waals surface area contributed by atoms with Crippen LogP contribution in [0.3, 0.4) is 0 Å². The summed E-state index contributed by atoms with van der Waals surface area (Å²) < 4.78 is 7.53. The van der Waals surface area contributed by atoms with E-state index in [2.05, 4.69) is 67.1 Å². The third kappa shape index (κ3) is 3.04. The van der Waals surface area contributed by atoms with Crippen LogP contribution in [0.15, 0.2) is 48.5 Å². The van der Waals surface area contributed by atoms with Crippen LogP contribution in [-0.4, -0.2) is 35.6 Å². The van der Waals surface area contributed by atoms with E-state index in [0.29, 0.717) is 19.6 Å². The molecule has 0 bridgehead atoms. The highest BCUT2D eigenvalue weighted by Gasteiger charge is 2.35. The van der Waals surface area contributed by atoms with Gasteiger partial charge in [0.05, 0.1) is 18.3 Å². The van der Waals surface area contributed by atoms with Crippen molar-refractivity contribution >= 4 is 16.8 Å². The topological polar surface area (TPSA) is 34.5 Å². The zero-order valence-corrected chi connectivity index (χ0v) is 16.2. The van der Waals surface area contributed by atoms with Crippen molar-refractivity contribution in [1.82, 2.24) is 9.47 Å². The van der Waals surface area contributed by atoms with E-state index < -0.39 is 0 Å². The van der Waals surface area contributed by atoms with Crippen molar-refractivity contribution in [3.05, 3.63) is 59.7 Å². The molecular formula is C23H26N2O2. The predicted molar refractivity (Wildman–Crippen MR) is 109 cm³/mol. The highest BCUT2D eigenvalue weighted by molar-refractivity contribution is 5.93. The molecule has 4 nitrogen and oxygen atoms in total. The lowest BCUT2D eigenvalue weighted by molar-refractivity contribution is -0.129. The summed E-state index contributed by atoms with van der Waals surface area (Å²) in [6.45, 7) is 3.30. The maximum absolute atomic E-state index is 12.6. The van der Waals surface area contributed by atoms with E-state index in [0.717, 1.165) is 6.42 Å². The second-order valence-electron chi connectivity index (χ2n) is 7.34. The Balaban J connectivity index is 1.92. The number of aryl methyl sites for hydroxylation is 2. The summed E-state index contributed by atoms with van der Waals surface area (Å²) in [5.41, 5.74) is 6.11. The SMILES string of the molecule is COCCN1C(=O)CC[C@H]1c1c(-c2ccc(C)cc2)n(C)c2ccccc12. The van der Waals surface area contributed by atoms with Crippen molar-refractivity contribution in [2.24, 2.45) is 7.05 Å². The second-order valence-corrected chi connectivity index (χ2v) is 7.34. The van der Waals surface area contributed by atoms with Crippen LogP contribution in [0, 0.1) is 6.92 Å². The standard InChI is InChI=1S/C23H26N2O2/c1-16-8-10-17(11-9-16)23-22(18-6-4-5-7-19(18)24(23)2)20-12-13-21(26)25(20)14-15-27-3/h4-11,20H,12-15H2,1-3H3/t20-/m0/s1. The summed E-state index contributed by atoms with van der Waals surface area (Å²) in [4.78, 5) is 14.6. The fourth-order valence-electron chi connectivity index (χ4n) is 4.32. The van der Waals surface area contributed by atoms with Crippen LogP contribution < -0.4 is 0 Å². The molecule has 4 rings (SSSR count). The number of para-hydroxylation sites is 1. The van der Waals surface area contributed by atoms with Gasteiger partial charge in [0.25, 0.3) is 0 Å². The van der Waals surface area contributed by atoms with Gasteiger partial charge in [-0.2, -0.15) is 0 Å². The van der Waals surface area contributed by atoms with Crippen molar-refractivity contribution in [2.45, 2.75) is 25.8 Å². The molecule has 3 aromatic rings. The molecule has 1 fully saturated rings. The van der Waals surface area contributed by atoms with Crippen LogP contribution in [-0.2, 0) is 16.6 Å². The zero-order chi connectivity index (χ0) is 19.0. The van der Waals surface area contributed by atoms with Gasteiger partial charge in [-0.25, -0.2) is 0 Å². The van der Waals surface area contributed by atoms with Crippen LogP contribution >= 0.6 is 0 Å². The summed E-state index contributed by atoms with van der Waals surface area (Å²) in [6.07, 6.45) is 1.46. The summed E-state index contributed by atoms with van der Waals surface area (Å²) >= 11 is 0. The van der Waals surface area contributed by atoms with Gasteiger partial charge < -0.3 is 14.2 Å². The molecule has 2 aromatic carbocycles. The van der Waals surface area contributed by atoms with Crippen molar-refractivity contribution < 1.29 is 9.53 Å². The summed E-state index contributed by atoms with van der Waals surface area (Å²) in [5.74, 6) is 0.222. The normalized spacial score (nSPS) is 17.2. The first-order valence-electron chi connectivity index (χ1n) is 9.54. The van der Waals surface area contributed by atoms with E-state index in [-0.39, 0.29) is 11.9 Å². The van der Waals surface area contributed by atoms with Gasteiger partial charge in [-0.3, -0.25) is 4.79 Å². The molecule has 27 heavy (non-hydrogen) atoms. The number of aromatic nitrogens is 1. The number of carbonyl (C=O) groups excluding carboxylic acids is 1. The average Bonchev–Trinajstić information content (AvgIpc) is 3.18. The number of amides is 1. The molecule has 1 amide bonds. The lowest BCUT2D eigenvalue weighted by Crippen LogP contribution is -2.31. The number of rotatable bonds is 5. The van der Waals surface area contributed by atoms with E-state index in [9.17, 15) is 4.79 Å². The van der Waals surface area contributed by atoms with E-state index >= 15 is 0 Å². The van der Waals surface area contributed by atoms with E-state index in [1.54, 1.807) is 7.11 Å². The molecule has 0 N–H and O–H groups in total. The Kier molecular flexibility index (Phi) is 4.75. The quantitative estimate of drug-likeness (QED) is 0.671. The first-order valence-corrected chi connectivity index (χ1v) is 9.54. The number of ether oxygens (including phenoxy) is 1. The van der Waals surface area contributed by atoms with Gasteiger partial charge in [0.15, 0.2) is 0 Å². The summed E-state index contributed by atoms with van der Waals surface area (Å²) in [7, 11) is 3.81. The molecular weight excluding hydrogens is 336 g/mol. The number of hydrogen-bond donors (Lipinski definition) is 0. The predicted octanol–water partition coefficient (Wildman–Crippen LogP) is 4.46. The number of benzene rings is 2. The van der Waals surface area contributed by atoms with Gasteiger partial charge >= 0.3 is 0 Å². The van der Waals surface area contributed by atoms with Gasteiger partial charge in [-0.1, -0.05) is 48.0 Å². The maximum Gasteiger partial charge on any atom is 0.223 e. The van der Waals surface area contributed by atoms with E-state index in [1.165, 1.54) is 33.3 Å². The molecule has 1 atom stereocenters. The van der Waals surface area contributed by atoms with Gasteiger partial charge in [0.2, 0.25) is 5.91 Å². The monoisotopic (exact) mass is 362 g/mol. The molecule has 0 unspecified atom stereocenters. The first kappa shape index (κ1) is 17.8.